The predicted octanol–water partition coefficient (Wildman–Crippen LogP) is 1.57. The molecule has 4 rings (SSSR count). The fraction of sp³-hybridized carbons (Fsp3) is 0.417. The van der Waals surface area contributed by atoms with E-state index in [2.05, 4.69) is 22.3 Å². The molecule has 3 unspecified atom stereocenters. The van der Waals surface area contributed by atoms with Crippen LogP contribution in [0, 0.1) is 12.8 Å². The van der Waals surface area contributed by atoms with Crippen LogP contribution < -0.4 is 20.4 Å². The second kappa shape index (κ2) is 10.0. The molecule has 0 radical (unpaired) electrons. The van der Waals surface area contributed by atoms with Crippen LogP contribution in [0.2, 0.25) is 0 Å². The molecule has 0 bridgehead atoms. The molecule has 0 saturated carbocycles. The van der Waals surface area contributed by atoms with Crippen LogP contribution >= 0.6 is 0 Å². The highest BCUT2D eigenvalue weighted by molar-refractivity contribution is 5.90. The fourth-order valence-electron chi connectivity index (χ4n) is 4.50. The van der Waals surface area contributed by atoms with Gasteiger partial charge in [0.2, 0.25) is 11.8 Å². The Balaban J connectivity index is 1.39. The quantitative estimate of drug-likeness (QED) is 0.485. The van der Waals surface area contributed by atoms with E-state index >= 15 is 0 Å². The summed E-state index contributed by atoms with van der Waals surface area (Å²) < 4.78 is 6.04. The maximum atomic E-state index is 13.3. The van der Waals surface area contributed by atoms with Gasteiger partial charge in [-0.05, 0) is 43.2 Å². The number of benzene rings is 2. The van der Waals surface area contributed by atoms with Gasteiger partial charge in [-0.3, -0.25) is 14.8 Å². The number of hydrogen-bond acceptors (Lipinski definition) is 6. The van der Waals surface area contributed by atoms with Gasteiger partial charge >= 0.3 is 0 Å². The van der Waals surface area contributed by atoms with Gasteiger partial charge in [0.05, 0.1) is 12.0 Å². The molecule has 2 amide bonds. The summed E-state index contributed by atoms with van der Waals surface area (Å²) in [5, 5.41) is 12.5. The lowest BCUT2D eigenvalue weighted by Crippen LogP contribution is -2.62. The molecule has 32 heavy (non-hydrogen) atoms. The van der Waals surface area contributed by atoms with Gasteiger partial charge in [-0.25, -0.2) is 5.48 Å². The zero-order chi connectivity index (χ0) is 22.5. The minimum atomic E-state index is -0.719. The number of nitrogens with zero attached hydrogens (tertiary/aromatic N) is 2. The number of hydroxylamine groups is 1. The summed E-state index contributed by atoms with van der Waals surface area (Å²) in [7, 11) is 0. The van der Waals surface area contributed by atoms with Crippen LogP contribution in [0.4, 0.5) is 5.69 Å². The second-order valence-corrected chi connectivity index (χ2v) is 8.41. The van der Waals surface area contributed by atoms with E-state index in [1.54, 1.807) is 10.4 Å². The molecule has 2 saturated heterocycles. The Morgan fingerprint density at radius 2 is 1.81 bits per heavy atom. The monoisotopic (exact) mass is 438 g/mol. The van der Waals surface area contributed by atoms with Gasteiger partial charge in [-0.15, -0.1) is 0 Å². The standard InChI is InChI=1S/C24H30N4O4/c1-17-6-5-9-19(14-17)32-20-15-21(23(29)26-31)22(25-16-20)24(30)28-12-10-27(11-13-28)18-7-3-2-4-8-18/h2-9,14,20-22,25,31H,10-13,15-16H2,1H3,(H,26,29). The summed E-state index contributed by atoms with van der Waals surface area (Å²) in [6.45, 7) is 5.08. The summed E-state index contributed by atoms with van der Waals surface area (Å²) in [4.78, 5) is 29.8. The second-order valence-electron chi connectivity index (χ2n) is 8.41. The molecule has 0 aliphatic carbocycles. The maximum absolute atomic E-state index is 13.3. The van der Waals surface area contributed by atoms with Crippen molar-refractivity contribution in [2.45, 2.75) is 25.5 Å². The lowest BCUT2D eigenvalue weighted by atomic mass is 9.87. The van der Waals surface area contributed by atoms with Gasteiger partial charge < -0.3 is 19.9 Å². The van der Waals surface area contributed by atoms with Crippen molar-refractivity contribution in [3.63, 3.8) is 0 Å². The van der Waals surface area contributed by atoms with Crippen molar-refractivity contribution >= 4 is 17.5 Å². The summed E-state index contributed by atoms with van der Waals surface area (Å²) >= 11 is 0. The SMILES string of the molecule is Cc1cccc(OC2CNC(C(=O)N3CCN(c4ccccc4)CC3)C(C(=O)NO)C2)c1. The first-order valence-electron chi connectivity index (χ1n) is 11.0. The van der Waals surface area contributed by atoms with Gasteiger partial charge in [-0.1, -0.05) is 30.3 Å². The van der Waals surface area contributed by atoms with Gasteiger partial charge in [0, 0.05) is 38.4 Å². The maximum Gasteiger partial charge on any atom is 0.248 e. The largest absolute Gasteiger partial charge is 0.489 e. The van der Waals surface area contributed by atoms with Crippen LogP contribution in [0.1, 0.15) is 12.0 Å². The average Bonchev–Trinajstić information content (AvgIpc) is 2.84. The van der Waals surface area contributed by atoms with Crippen molar-refractivity contribution < 1.29 is 19.5 Å². The molecule has 3 atom stereocenters. The van der Waals surface area contributed by atoms with Crippen LogP contribution in [0.5, 0.6) is 5.75 Å². The molecular formula is C24H30N4O4. The van der Waals surface area contributed by atoms with Crippen LogP contribution in [0.25, 0.3) is 0 Å². The number of hydrogen-bond donors (Lipinski definition) is 3. The third-order valence-electron chi connectivity index (χ3n) is 6.20. The van der Waals surface area contributed by atoms with Crippen LogP contribution in [-0.4, -0.2) is 66.8 Å². The first-order valence-corrected chi connectivity index (χ1v) is 11.0. The van der Waals surface area contributed by atoms with Gasteiger partial charge in [0.1, 0.15) is 11.9 Å². The minimum absolute atomic E-state index is 0.111. The Morgan fingerprint density at radius 1 is 1.06 bits per heavy atom. The van der Waals surface area contributed by atoms with Crippen molar-refractivity contribution in [2.75, 3.05) is 37.6 Å². The van der Waals surface area contributed by atoms with Gasteiger partial charge in [0.15, 0.2) is 0 Å². The zero-order valence-corrected chi connectivity index (χ0v) is 18.2. The number of ether oxygens (including phenoxy) is 1. The van der Waals surface area contributed by atoms with Crippen molar-refractivity contribution in [1.29, 1.82) is 0 Å². The lowest BCUT2D eigenvalue weighted by molar-refractivity contribution is -0.145. The summed E-state index contributed by atoms with van der Waals surface area (Å²) in [6.07, 6.45) is 0.0614. The van der Waals surface area contributed by atoms with Crippen molar-refractivity contribution in [1.82, 2.24) is 15.7 Å². The zero-order valence-electron chi connectivity index (χ0n) is 18.2. The van der Waals surface area contributed by atoms with E-state index in [0.717, 1.165) is 30.1 Å². The van der Waals surface area contributed by atoms with E-state index in [4.69, 9.17) is 4.74 Å². The number of aryl methyl sites for hydroxylation is 1. The summed E-state index contributed by atoms with van der Waals surface area (Å²) in [6, 6.07) is 17.1. The molecule has 8 heteroatoms. The summed E-state index contributed by atoms with van der Waals surface area (Å²) in [5.74, 6) is -0.679. The molecule has 0 spiro atoms. The van der Waals surface area contributed by atoms with E-state index in [1.807, 2.05) is 49.4 Å². The molecule has 2 aliphatic heterocycles. The smallest absolute Gasteiger partial charge is 0.248 e. The fourth-order valence-corrected chi connectivity index (χ4v) is 4.50. The Bertz CT molecular complexity index is 931. The number of nitrogens with one attached hydrogen (secondary N) is 2. The molecule has 0 aromatic heterocycles. The molecule has 2 heterocycles. The Kier molecular flexibility index (Phi) is 6.92. The topological polar surface area (TPSA) is 94.1 Å². The van der Waals surface area contributed by atoms with E-state index in [1.165, 1.54) is 0 Å². The average molecular weight is 439 g/mol. The lowest BCUT2D eigenvalue weighted by Gasteiger charge is -2.41. The Hall–Kier alpha value is -3.10. The molecule has 170 valence electrons. The molecule has 8 nitrogen and oxygen atoms in total. The highest BCUT2D eigenvalue weighted by atomic mass is 16.5. The number of carbonyl (C=O) groups excluding carboxylic acids is 2. The minimum Gasteiger partial charge on any atom is -0.489 e. The number of para-hydroxylation sites is 1. The Morgan fingerprint density at radius 3 is 2.50 bits per heavy atom. The van der Waals surface area contributed by atoms with E-state index in [-0.39, 0.29) is 12.0 Å². The molecule has 2 aromatic rings. The molecule has 2 aromatic carbocycles. The molecule has 2 fully saturated rings. The molecular weight excluding hydrogens is 408 g/mol. The third kappa shape index (κ3) is 5.03. The van der Waals surface area contributed by atoms with E-state index in [0.29, 0.717) is 26.1 Å². The molecule has 2 aliphatic rings. The van der Waals surface area contributed by atoms with Crippen LogP contribution in [-0.2, 0) is 9.59 Å². The van der Waals surface area contributed by atoms with Gasteiger partial charge in [-0.2, -0.15) is 0 Å². The number of amides is 2. The Labute approximate surface area is 188 Å². The number of anilines is 1. The third-order valence-corrected chi connectivity index (χ3v) is 6.20. The van der Waals surface area contributed by atoms with Crippen molar-refractivity contribution in [3.05, 3.63) is 60.2 Å². The van der Waals surface area contributed by atoms with E-state index in [9.17, 15) is 14.8 Å². The predicted molar refractivity (Wildman–Crippen MR) is 121 cm³/mol. The number of rotatable bonds is 5. The van der Waals surface area contributed by atoms with Crippen LogP contribution in [0.15, 0.2) is 54.6 Å². The summed E-state index contributed by atoms with van der Waals surface area (Å²) in [5.41, 5.74) is 3.96. The van der Waals surface area contributed by atoms with E-state index < -0.39 is 17.9 Å². The normalized spacial score (nSPS) is 23.5. The van der Waals surface area contributed by atoms with Gasteiger partial charge in [0.25, 0.3) is 0 Å². The van der Waals surface area contributed by atoms with Crippen molar-refractivity contribution in [3.8, 4) is 5.75 Å². The molecule has 3 N–H and O–H groups in total. The first-order chi connectivity index (χ1) is 15.5. The van der Waals surface area contributed by atoms with Crippen molar-refractivity contribution in [2.24, 2.45) is 5.92 Å². The van der Waals surface area contributed by atoms with Crippen LogP contribution in [0.3, 0.4) is 0 Å². The highest BCUT2D eigenvalue weighted by Gasteiger charge is 2.42. The first kappa shape index (κ1) is 22.1. The number of carbonyl (C=O) groups is 2. The highest BCUT2D eigenvalue weighted by Crippen LogP contribution is 2.25. The number of piperidine rings is 1. The number of piperazine rings is 1.